The SMILES string of the molecule is COc1ccc(CN2CCN(CCOc3ccc(OC)cc3)CC2=O)cc1. The van der Waals surface area contributed by atoms with Gasteiger partial charge in [-0.25, -0.2) is 0 Å². The molecule has 1 heterocycles. The van der Waals surface area contributed by atoms with Gasteiger partial charge in [0.2, 0.25) is 5.91 Å². The molecular formula is C21H26N2O4. The molecule has 2 aromatic carbocycles. The van der Waals surface area contributed by atoms with Crippen LogP contribution in [0.1, 0.15) is 5.56 Å². The van der Waals surface area contributed by atoms with E-state index in [1.165, 1.54) is 0 Å². The molecule has 144 valence electrons. The lowest BCUT2D eigenvalue weighted by Crippen LogP contribution is -2.50. The minimum absolute atomic E-state index is 0.154. The van der Waals surface area contributed by atoms with Gasteiger partial charge in [-0.1, -0.05) is 12.1 Å². The van der Waals surface area contributed by atoms with Crippen molar-refractivity contribution in [3.63, 3.8) is 0 Å². The van der Waals surface area contributed by atoms with Gasteiger partial charge in [0.15, 0.2) is 0 Å². The number of carbonyl (C=O) groups is 1. The summed E-state index contributed by atoms with van der Waals surface area (Å²) < 4.78 is 16.1. The summed E-state index contributed by atoms with van der Waals surface area (Å²) >= 11 is 0. The van der Waals surface area contributed by atoms with Crippen LogP contribution in [0.25, 0.3) is 0 Å². The Morgan fingerprint density at radius 3 is 2.04 bits per heavy atom. The van der Waals surface area contributed by atoms with Crippen molar-refractivity contribution in [2.75, 3.05) is 47.0 Å². The molecule has 0 radical (unpaired) electrons. The third-order valence-electron chi connectivity index (χ3n) is 4.67. The lowest BCUT2D eigenvalue weighted by atomic mass is 10.2. The van der Waals surface area contributed by atoms with Crippen molar-refractivity contribution in [2.45, 2.75) is 6.54 Å². The molecule has 1 fully saturated rings. The average Bonchev–Trinajstić information content (AvgIpc) is 2.71. The quantitative estimate of drug-likeness (QED) is 0.714. The van der Waals surface area contributed by atoms with Crippen LogP contribution < -0.4 is 14.2 Å². The number of piperazine rings is 1. The Morgan fingerprint density at radius 2 is 1.44 bits per heavy atom. The zero-order valence-electron chi connectivity index (χ0n) is 15.9. The third kappa shape index (κ3) is 5.37. The molecule has 2 aromatic rings. The Labute approximate surface area is 160 Å². The van der Waals surface area contributed by atoms with Gasteiger partial charge in [-0.15, -0.1) is 0 Å². The minimum Gasteiger partial charge on any atom is -0.497 e. The third-order valence-corrected chi connectivity index (χ3v) is 4.67. The minimum atomic E-state index is 0.154. The Morgan fingerprint density at radius 1 is 0.852 bits per heavy atom. The molecule has 1 aliphatic rings. The molecule has 3 rings (SSSR count). The molecule has 1 aliphatic heterocycles. The summed E-state index contributed by atoms with van der Waals surface area (Å²) in [5, 5.41) is 0. The smallest absolute Gasteiger partial charge is 0.237 e. The van der Waals surface area contributed by atoms with Gasteiger partial charge in [0.1, 0.15) is 23.9 Å². The van der Waals surface area contributed by atoms with Gasteiger partial charge < -0.3 is 19.1 Å². The van der Waals surface area contributed by atoms with Crippen LogP contribution in [0, 0.1) is 0 Å². The van der Waals surface area contributed by atoms with Crippen molar-refractivity contribution in [1.82, 2.24) is 9.80 Å². The van der Waals surface area contributed by atoms with Crippen LogP contribution in [0.3, 0.4) is 0 Å². The number of carbonyl (C=O) groups excluding carboxylic acids is 1. The second kappa shape index (κ2) is 9.28. The molecule has 0 aromatic heterocycles. The molecule has 27 heavy (non-hydrogen) atoms. The average molecular weight is 370 g/mol. The molecule has 0 spiro atoms. The molecule has 0 saturated carbocycles. The number of ether oxygens (including phenoxy) is 3. The molecule has 0 N–H and O–H groups in total. The van der Waals surface area contributed by atoms with E-state index < -0.39 is 0 Å². The highest BCUT2D eigenvalue weighted by Gasteiger charge is 2.23. The van der Waals surface area contributed by atoms with E-state index in [0.717, 1.165) is 42.4 Å². The lowest BCUT2D eigenvalue weighted by Gasteiger charge is -2.34. The van der Waals surface area contributed by atoms with Crippen LogP contribution in [-0.2, 0) is 11.3 Å². The molecular weight excluding hydrogens is 344 g/mol. The topological polar surface area (TPSA) is 51.2 Å². The maximum absolute atomic E-state index is 12.4. The van der Waals surface area contributed by atoms with Crippen LogP contribution in [0.15, 0.2) is 48.5 Å². The zero-order valence-corrected chi connectivity index (χ0v) is 15.9. The van der Waals surface area contributed by atoms with E-state index in [0.29, 0.717) is 19.7 Å². The number of nitrogens with zero attached hydrogens (tertiary/aromatic N) is 2. The summed E-state index contributed by atoms with van der Waals surface area (Å²) in [4.78, 5) is 16.5. The van der Waals surface area contributed by atoms with Crippen LogP contribution in [0.2, 0.25) is 0 Å². The number of hydrogen-bond acceptors (Lipinski definition) is 5. The first-order valence-corrected chi connectivity index (χ1v) is 9.08. The first kappa shape index (κ1) is 19.0. The van der Waals surface area contributed by atoms with Gasteiger partial charge in [0.05, 0.1) is 20.8 Å². The van der Waals surface area contributed by atoms with E-state index in [4.69, 9.17) is 14.2 Å². The fraction of sp³-hybridized carbons (Fsp3) is 0.381. The van der Waals surface area contributed by atoms with E-state index in [1.54, 1.807) is 14.2 Å². The summed E-state index contributed by atoms with van der Waals surface area (Å²) in [6, 6.07) is 15.4. The van der Waals surface area contributed by atoms with Crippen molar-refractivity contribution in [2.24, 2.45) is 0 Å². The van der Waals surface area contributed by atoms with Crippen LogP contribution >= 0.6 is 0 Å². The predicted molar refractivity (Wildman–Crippen MR) is 103 cm³/mol. The van der Waals surface area contributed by atoms with E-state index >= 15 is 0 Å². The maximum Gasteiger partial charge on any atom is 0.237 e. The van der Waals surface area contributed by atoms with Crippen molar-refractivity contribution >= 4 is 5.91 Å². The molecule has 0 bridgehead atoms. The van der Waals surface area contributed by atoms with Gasteiger partial charge in [-0.05, 0) is 42.0 Å². The monoisotopic (exact) mass is 370 g/mol. The molecule has 1 amide bonds. The van der Waals surface area contributed by atoms with E-state index in [1.807, 2.05) is 53.4 Å². The van der Waals surface area contributed by atoms with Crippen LogP contribution in [0.5, 0.6) is 17.2 Å². The summed E-state index contributed by atoms with van der Waals surface area (Å²) in [7, 11) is 3.29. The van der Waals surface area contributed by atoms with Gasteiger partial charge in [0, 0.05) is 26.2 Å². The summed E-state index contributed by atoms with van der Waals surface area (Å²) in [6.07, 6.45) is 0. The van der Waals surface area contributed by atoms with E-state index in [2.05, 4.69) is 4.90 Å². The highest BCUT2D eigenvalue weighted by molar-refractivity contribution is 5.79. The number of rotatable bonds is 8. The van der Waals surface area contributed by atoms with Crippen molar-refractivity contribution in [3.8, 4) is 17.2 Å². The van der Waals surface area contributed by atoms with Crippen LogP contribution in [0.4, 0.5) is 0 Å². The summed E-state index contributed by atoms with van der Waals surface area (Å²) in [6.45, 7) is 3.94. The fourth-order valence-electron chi connectivity index (χ4n) is 3.03. The molecule has 6 heteroatoms. The molecule has 0 aliphatic carbocycles. The fourth-order valence-corrected chi connectivity index (χ4v) is 3.03. The largest absolute Gasteiger partial charge is 0.497 e. The standard InChI is InChI=1S/C21H26N2O4/c1-25-18-5-3-17(4-6-18)15-23-12-11-22(16-21(23)24)13-14-27-20-9-7-19(26-2)8-10-20/h3-10H,11-16H2,1-2H3. The highest BCUT2D eigenvalue weighted by atomic mass is 16.5. The Bertz CT molecular complexity index is 731. The normalized spacial score (nSPS) is 14.9. The van der Waals surface area contributed by atoms with Gasteiger partial charge in [0.25, 0.3) is 0 Å². The Hall–Kier alpha value is -2.73. The first-order chi connectivity index (χ1) is 13.2. The molecule has 6 nitrogen and oxygen atoms in total. The van der Waals surface area contributed by atoms with Gasteiger partial charge in [-0.2, -0.15) is 0 Å². The van der Waals surface area contributed by atoms with Crippen molar-refractivity contribution in [3.05, 3.63) is 54.1 Å². The molecule has 0 unspecified atom stereocenters. The van der Waals surface area contributed by atoms with E-state index in [9.17, 15) is 4.79 Å². The number of amides is 1. The molecule has 1 saturated heterocycles. The van der Waals surface area contributed by atoms with Gasteiger partial charge >= 0.3 is 0 Å². The predicted octanol–water partition coefficient (Wildman–Crippen LogP) is 2.43. The van der Waals surface area contributed by atoms with E-state index in [-0.39, 0.29) is 5.91 Å². The second-order valence-corrected chi connectivity index (χ2v) is 6.46. The Kier molecular flexibility index (Phi) is 6.54. The summed E-state index contributed by atoms with van der Waals surface area (Å²) in [5.41, 5.74) is 1.11. The maximum atomic E-state index is 12.4. The second-order valence-electron chi connectivity index (χ2n) is 6.46. The zero-order chi connectivity index (χ0) is 19.1. The molecule has 0 atom stereocenters. The summed E-state index contributed by atoms with van der Waals surface area (Å²) in [5.74, 6) is 2.59. The highest BCUT2D eigenvalue weighted by Crippen LogP contribution is 2.17. The van der Waals surface area contributed by atoms with Crippen molar-refractivity contribution < 1.29 is 19.0 Å². The lowest BCUT2D eigenvalue weighted by molar-refractivity contribution is -0.136. The first-order valence-electron chi connectivity index (χ1n) is 9.08. The number of methoxy groups -OCH3 is 2. The number of benzene rings is 2. The van der Waals surface area contributed by atoms with Gasteiger partial charge in [-0.3, -0.25) is 9.69 Å². The number of hydrogen-bond donors (Lipinski definition) is 0. The van der Waals surface area contributed by atoms with Crippen molar-refractivity contribution in [1.29, 1.82) is 0 Å². The van der Waals surface area contributed by atoms with Crippen LogP contribution in [-0.4, -0.2) is 62.7 Å². The Balaban J connectivity index is 1.41.